The number of hydrogen-bond donors (Lipinski definition) is 3. The first-order valence-corrected chi connectivity index (χ1v) is 11.2. The Hall–Kier alpha value is -4.26. The number of thiazole rings is 1. The van der Waals surface area contributed by atoms with Crippen LogP contribution in [-0.4, -0.2) is 72.3 Å². The summed E-state index contributed by atoms with van der Waals surface area (Å²) >= 11 is 1.22. The Morgan fingerprint density at radius 3 is 2.69 bits per heavy atom. The summed E-state index contributed by atoms with van der Waals surface area (Å²) in [6.45, 7) is -1.33. The molecule has 12 nitrogen and oxygen atoms in total. The fourth-order valence-corrected chi connectivity index (χ4v) is 4.18. The van der Waals surface area contributed by atoms with E-state index < -0.39 is 19.0 Å². The summed E-state index contributed by atoms with van der Waals surface area (Å²) in [5, 5.41) is 15.3. The highest BCUT2D eigenvalue weighted by Crippen LogP contribution is 2.40. The van der Waals surface area contributed by atoms with Crippen LogP contribution in [-0.2, 0) is 4.74 Å². The average molecular weight is 501 g/mol. The molecule has 3 heterocycles. The minimum Gasteiger partial charge on any atom is -0.494 e. The van der Waals surface area contributed by atoms with Gasteiger partial charge in [-0.05, 0) is 18.6 Å². The number of anilines is 3. The number of carbonyl (C=O) groups excluding carboxylic acids is 3. The topological polar surface area (TPSA) is 148 Å². The number of ether oxygens (including phenoxy) is 2. The largest absolute Gasteiger partial charge is 0.494 e. The van der Waals surface area contributed by atoms with Gasteiger partial charge >= 0.3 is 6.09 Å². The van der Waals surface area contributed by atoms with Crippen molar-refractivity contribution < 1.29 is 28.0 Å². The molecule has 0 radical (unpaired) electrons. The minimum atomic E-state index is -2.77. The van der Waals surface area contributed by atoms with Crippen LogP contribution in [0.15, 0.2) is 30.5 Å². The summed E-state index contributed by atoms with van der Waals surface area (Å²) in [7, 11) is 2.61. The molecule has 0 unspecified atom stereocenters. The molecule has 0 saturated carbocycles. The van der Waals surface area contributed by atoms with Gasteiger partial charge in [-0.15, -0.1) is 21.5 Å². The SMILES string of the molecule is [2H]C([2H])([2H])NC(=O)c1nnc(NC(=O)OC)cc1Nc1cccc(-c2ncc(C(=O)N3CCC3)s2)c1OC. The Kier molecular flexibility index (Phi) is 5.95. The number of likely N-dealkylation sites (tertiary alicyclic amines) is 1. The Morgan fingerprint density at radius 2 is 2.00 bits per heavy atom. The van der Waals surface area contributed by atoms with Crippen molar-refractivity contribution in [1.82, 2.24) is 25.4 Å². The van der Waals surface area contributed by atoms with Crippen molar-refractivity contribution in [2.24, 2.45) is 0 Å². The number of benzene rings is 1. The maximum atomic E-state index is 12.7. The Labute approximate surface area is 208 Å². The number of rotatable bonds is 7. The molecule has 3 aromatic rings. The molecule has 1 aliphatic heterocycles. The van der Waals surface area contributed by atoms with Crippen LogP contribution in [0.3, 0.4) is 0 Å². The van der Waals surface area contributed by atoms with Crippen molar-refractivity contribution in [3.8, 4) is 16.3 Å². The number of hydrogen-bond acceptors (Lipinski definition) is 10. The monoisotopic (exact) mass is 500 g/mol. The molecule has 0 bridgehead atoms. The number of amides is 3. The molecular weight excluding hydrogens is 474 g/mol. The van der Waals surface area contributed by atoms with E-state index in [1.165, 1.54) is 30.7 Å². The predicted octanol–water partition coefficient (Wildman–Crippen LogP) is 2.74. The second-order valence-electron chi connectivity index (χ2n) is 7.25. The van der Waals surface area contributed by atoms with E-state index in [1.54, 1.807) is 23.1 Å². The lowest BCUT2D eigenvalue weighted by Gasteiger charge is -2.30. The summed E-state index contributed by atoms with van der Waals surface area (Å²) in [5.41, 5.74) is 0.626. The van der Waals surface area contributed by atoms with Crippen molar-refractivity contribution in [3.05, 3.63) is 41.0 Å². The summed E-state index contributed by atoms with van der Waals surface area (Å²) < 4.78 is 32.2. The molecular formula is C22H23N7O5S. The van der Waals surface area contributed by atoms with Gasteiger partial charge in [-0.1, -0.05) is 6.07 Å². The highest BCUT2D eigenvalue weighted by Gasteiger charge is 2.25. The van der Waals surface area contributed by atoms with Crippen LogP contribution in [0.5, 0.6) is 5.75 Å². The van der Waals surface area contributed by atoms with Gasteiger partial charge in [0.2, 0.25) is 0 Å². The van der Waals surface area contributed by atoms with Gasteiger partial charge in [-0.25, -0.2) is 9.78 Å². The van der Waals surface area contributed by atoms with Crippen molar-refractivity contribution in [3.63, 3.8) is 0 Å². The minimum absolute atomic E-state index is 0.0244. The van der Waals surface area contributed by atoms with Crippen LogP contribution >= 0.6 is 11.3 Å². The van der Waals surface area contributed by atoms with E-state index in [1.807, 2.05) is 5.32 Å². The molecule has 3 N–H and O–H groups in total. The first-order chi connectivity index (χ1) is 18.1. The molecule has 35 heavy (non-hydrogen) atoms. The van der Waals surface area contributed by atoms with E-state index in [2.05, 4.69) is 30.6 Å². The van der Waals surface area contributed by atoms with Crippen molar-refractivity contribution in [1.29, 1.82) is 0 Å². The molecule has 0 atom stereocenters. The maximum Gasteiger partial charge on any atom is 0.412 e. The number of nitrogens with zero attached hydrogens (tertiary/aromatic N) is 4. The second-order valence-corrected chi connectivity index (χ2v) is 8.28. The summed E-state index contributed by atoms with van der Waals surface area (Å²) in [5.74, 6) is -0.819. The normalized spacial score (nSPS) is 14.0. The Bertz CT molecular complexity index is 1380. The zero-order valence-electron chi connectivity index (χ0n) is 21.7. The van der Waals surface area contributed by atoms with Gasteiger partial charge in [0.25, 0.3) is 11.8 Å². The number of nitrogens with one attached hydrogen (secondary N) is 3. The lowest BCUT2D eigenvalue weighted by molar-refractivity contribution is 0.0656. The van der Waals surface area contributed by atoms with Crippen LogP contribution in [0.25, 0.3) is 10.6 Å². The highest BCUT2D eigenvalue weighted by molar-refractivity contribution is 7.17. The molecule has 2 aromatic heterocycles. The van der Waals surface area contributed by atoms with Crippen LogP contribution in [0.1, 0.15) is 30.7 Å². The predicted molar refractivity (Wildman–Crippen MR) is 129 cm³/mol. The lowest BCUT2D eigenvalue weighted by Crippen LogP contribution is -2.41. The van der Waals surface area contributed by atoms with Crippen LogP contribution in [0.4, 0.5) is 22.0 Å². The van der Waals surface area contributed by atoms with E-state index in [9.17, 15) is 14.4 Å². The van der Waals surface area contributed by atoms with Gasteiger partial charge in [-0.3, -0.25) is 14.9 Å². The van der Waals surface area contributed by atoms with E-state index in [0.717, 1.165) is 26.6 Å². The number of methoxy groups -OCH3 is 2. The Balaban J connectivity index is 1.70. The lowest BCUT2D eigenvalue weighted by atomic mass is 10.1. The third-order valence-corrected chi connectivity index (χ3v) is 6.14. The van der Waals surface area contributed by atoms with Crippen LogP contribution < -0.4 is 20.7 Å². The van der Waals surface area contributed by atoms with Gasteiger partial charge < -0.3 is 25.0 Å². The number of aromatic nitrogens is 3. The fourth-order valence-electron chi connectivity index (χ4n) is 3.27. The first-order valence-electron chi connectivity index (χ1n) is 11.8. The second kappa shape index (κ2) is 10.3. The number of carbonyl (C=O) groups is 3. The van der Waals surface area contributed by atoms with Crippen molar-refractivity contribution >= 4 is 46.4 Å². The van der Waals surface area contributed by atoms with Crippen LogP contribution in [0, 0.1) is 0 Å². The Morgan fingerprint density at radius 1 is 1.17 bits per heavy atom. The molecule has 1 aliphatic rings. The summed E-state index contributed by atoms with van der Waals surface area (Å²) in [6, 6.07) is 6.42. The van der Waals surface area contributed by atoms with Gasteiger partial charge in [0.1, 0.15) is 9.88 Å². The molecule has 0 aliphatic carbocycles. The molecule has 1 saturated heterocycles. The molecule has 3 amide bonds. The third kappa shape index (κ3) is 4.99. The molecule has 4 rings (SSSR count). The standard InChI is InChI=1S/C22H23N7O5S/c1-23-19(30)17-14(10-16(27-28-17)26-22(32)34-3)25-13-7-4-6-12(18(13)33-2)20-24-11-15(35-20)21(31)29-8-5-9-29/h4,6-7,10-11H,5,8-9H2,1-3H3,(H,23,30)(H2,25,26,27,32)/i1D3. The van der Waals surface area contributed by atoms with Gasteiger partial charge in [0, 0.05) is 30.2 Å². The van der Waals surface area contributed by atoms with E-state index in [0.29, 0.717) is 26.9 Å². The molecule has 1 fully saturated rings. The smallest absolute Gasteiger partial charge is 0.412 e. The van der Waals surface area contributed by atoms with Gasteiger partial charge in [0.15, 0.2) is 17.3 Å². The zero-order chi connectivity index (χ0) is 27.4. The van der Waals surface area contributed by atoms with E-state index >= 15 is 0 Å². The summed E-state index contributed by atoms with van der Waals surface area (Å²) in [6.07, 6.45) is 1.68. The van der Waals surface area contributed by atoms with Crippen molar-refractivity contribution in [2.75, 3.05) is 44.9 Å². The van der Waals surface area contributed by atoms with Gasteiger partial charge in [-0.2, -0.15) is 0 Å². The van der Waals surface area contributed by atoms with E-state index in [-0.39, 0.29) is 23.1 Å². The number of para-hydroxylation sites is 1. The maximum absolute atomic E-state index is 12.7. The van der Waals surface area contributed by atoms with Crippen molar-refractivity contribution in [2.45, 2.75) is 6.42 Å². The zero-order valence-corrected chi connectivity index (χ0v) is 19.6. The van der Waals surface area contributed by atoms with Gasteiger partial charge in [0.05, 0.1) is 37.4 Å². The highest BCUT2D eigenvalue weighted by atomic mass is 32.1. The molecule has 0 spiro atoms. The molecule has 1 aromatic carbocycles. The first kappa shape index (κ1) is 20.1. The summed E-state index contributed by atoms with van der Waals surface area (Å²) in [4.78, 5) is 43.5. The third-order valence-electron chi connectivity index (χ3n) is 5.12. The molecule has 13 heteroatoms. The quantitative estimate of drug-likeness (QED) is 0.445. The molecule has 182 valence electrons. The average Bonchev–Trinajstić information content (AvgIpc) is 3.32. The fraction of sp³-hybridized carbons (Fsp3) is 0.273. The van der Waals surface area contributed by atoms with E-state index in [4.69, 9.17) is 8.85 Å². The van der Waals surface area contributed by atoms with Crippen LogP contribution in [0.2, 0.25) is 0 Å².